The first-order valence-electron chi connectivity index (χ1n) is 6.85. The molecule has 0 radical (unpaired) electrons. The normalized spacial score (nSPS) is 27.6. The van der Waals surface area contributed by atoms with Crippen LogP contribution in [0.4, 0.5) is 26.3 Å². The number of rotatable bonds is 2. The van der Waals surface area contributed by atoms with Crippen molar-refractivity contribution in [2.75, 3.05) is 0 Å². The maximum atomic E-state index is 13.1. The Morgan fingerprint density at radius 3 is 2.00 bits per heavy atom. The third-order valence-electron chi connectivity index (χ3n) is 4.22. The second-order valence-corrected chi connectivity index (χ2v) is 5.65. The standard InChI is InChI=1S/C15H16F6/c16-14(17,18)12-7-6-11(13(9-12)15(19,20)21)8-10-4-2-1-3-5-10/h1-5,11-13H,6-9H2. The van der Waals surface area contributed by atoms with E-state index in [0.717, 1.165) is 5.56 Å². The maximum absolute atomic E-state index is 13.1. The first kappa shape index (κ1) is 16.2. The molecule has 3 unspecified atom stereocenters. The lowest BCUT2D eigenvalue weighted by molar-refractivity contribution is -0.233. The van der Waals surface area contributed by atoms with Crippen molar-refractivity contribution in [1.29, 1.82) is 0 Å². The van der Waals surface area contributed by atoms with Gasteiger partial charge in [0.25, 0.3) is 0 Å². The summed E-state index contributed by atoms with van der Waals surface area (Å²) in [5.41, 5.74) is 0.738. The van der Waals surface area contributed by atoms with Crippen LogP contribution < -0.4 is 0 Å². The monoisotopic (exact) mass is 310 g/mol. The van der Waals surface area contributed by atoms with Crippen LogP contribution in [0.3, 0.4) is 0 Å². The molecule has 1 saturated carbocycles. The fraction of sp³-hybridized carbons (Fsp3) is 0.600. The van der Waals surface area contributed by atoms with E-state index in [9.17, 15) is 26.3 Å². The summed E-state index contributed by atoms with van der Waals surface area (Å²) in [6.45, 7) is 0. The first-order chi connectivity index (χ1) is 9.68. The van der Waals surface area contributed by atoms with E-state index in [4.69, 9.17) is 0 Å². The third kappa shape index (κ3) is 4.14. The number of benzene rings is 1. The molecule has 0 saturated heterocycles. The summed E-state index contributed by atoms with van der Waals surface area (Å²) in [6, 6.07) is 8.62. The quantitative estimate of drug-likeness (QED) is 0.643. The Hall–Kier alpha value is -1.20. The molecule has 1 aliphatic rings. The summed E-state index contributed by atoms with van der Waals surface area (Å²) in [7, 11) is 0. The van der Waals surface area contributed by atoms with Gasteiger partial charge < -0.3 is 0 Å². The van der Waals surface area contributed by atoms with Crippen molar-refractivity contribution < 1.29 is 26.3 Å². The van der Waals surface area contributed by atoms with E-state index in [1.54, 1.807) is 30.3 Å². The van der Waals surface area contributed by atoms with E-state index < -0.39 is 36.5 Å². The lowest BCUT2D eigenvalue weighted by atomic mass is 9.71. The molecule has 1 aromatic carbocycles. The van der Waals surface area contributed by atoms with Crippen LogP contribution >= 0.6 is 0 Å². The average molecular weight is 310 g/mol. The molecule has 0 N–H and O–H groups in total. The minimum Gasteiger partial charge on any atom is -0.171 e. The summed E-state index contributed by atoms with van der Waals surface area (Å²) >= 11 is 0. The van der Waals surface area contributed by atoms with Crippen molar-refractivity contribution in [1.82, 2.24) is 0 Å². The molecule has 0 heterocycles. The zero-order valence-corrected chi connectivity index (χ0v) is 11.2. The van der Waals surface area contributed by atoms with Gasteiger partial charge in [-0.3, -0.25) is 0 Å². The molecule has 2 rings (SSSR count). The highest BCUT2D eigenvalue weighted by Crippen LogP contribution is 2.49. The number of hydrogen-bond donors (Lipinski definition) is 0. The molecule has 0 aliphatic heterocycles. The van der Waals surface area contributed by atoms with Crippen molar-refractivity contribution in [3.8, 4) is 0 Å². The van der Waals surface area contributed by atoms with Gasteiger partial charge in [0.15, 0.2) is 0 Å². The minimum absolute atomic E-state index is 0.0384. The molecule has 0 nitrogen and oxygen atoms in total. The first-order valence-corrected chi connectivity index (χ1v) is 6.85. The maximum Gasteiger partial charge on any atom is 0.392 e. The van der Waals surface area contributed by atoms with Gasteiger partial charge in [-0.2, -0.15) is 26.3 Å². The lowest BCUT2D eigenvalue weighted by Gasteiger charge is -2.38. The van der Waals surface area contributed by atoms with Gasteiger partial charge in [0, 0.05) is 0 Å². The second-order valence-electron chi connectivity index (χ2n) is 5.65. The topological polar surface area (TPSA) is 0 Å². The summed E-state index contributed by atoms with van der Waals surface area (Å²) in [5, 5.41) is 0. The van der Waals surface area contributed by atoms with Crippen molar-refractivity contribution >= 4 is 0 Å². The largest absolute Gasteiger partial charge is 0.392 e. The highest BCUT2D eigenvalue weighted by atomic mass is 19.4. The minimum atomic E-state index is -4.58. The predicted octanol–water partition coefficient (Wildman–Crippen LogP) is 5.39. The van der Waals surface area contributed by atoms with Crippen molar-refractivity contribution in [2.45, 2.75) is 38.0 Å². The van der Waals surface area contributed by atoms with E-state index in [2.05, 4.69) is 0 Å². The van der Waals surface area contributed by atoms with Crippen LogP contribution in [0.1, 0.15) is 24.8 Å². The molecule has 0 aromatic heterocycles. The van der Waals surface area contributed by atoms with Crippen LogP contribution in [0, 0.1) is 17.8 Å². The second kappa shape index (κ2) is 5.89. The Balaban J connectivity index is 2.14. The summed E-state index contributed by atoms with van der Waals surface area (Å²) in [4.78, 5) is 0. The van der Waals surface area contributed by atoms with E-state index >= 15 is 0 Å². The van der Waals surface area contributed by atoms with Crippen LogP contribution in [0.5, 0.6) is 0 Å². The van der Waals surface area contributed by atoms with Crippen LogP contribution in [0.25, 0.3) is 0 Å². The molecular formula is C15H16F6. The Labute approximate surface area is 119 Å². The third-order valence-corrected chi connectivity index (χ3v) is 4.22. The molecule has 21 heavy (non-hydrogen) atoms. The van der Waals surface area contributed by atoms with Crippen LogP contribution in [0.2, 0.25) is 0 Å². The number of alkyl halides is 6. The van der Waals surface area contributed by atoms with Crippen LogP contribution in [-0.4, -0.2) is 12.4 Å². The molecule has 6 heteroatoms. The van der Waals surface area contributed by atoms with Gasteiger partial charge in [-0.05, 0) is 37.2 Å². The van der Waals surface area contributed by atoms with E-state index in [-0.39, 0.29) is 19.3 Å². The van der Waals surface area contributed by atoms with Gasteiger partial charge in [-0.15, -0.1) is 0 Å². The zero-order valence-electron chi connectivity index (χ0n) is 11.2. The van der Waals surface area contributed by atoms with E-state index in [1.807, 2.05) is 0 Å². The number of halogens is 6. The molecule has 118 valence electrons. The summed E-state index contributed by atoms with van der Waals surface area (Å²) in [6.07, 6.45) is -10.0. The zero-order chi connectivity index (χ0) is 15.7. The Kier molecular flexibility index (Phi) is 4.54. The molecule has 0 amide bonds. The van der Waals surface area contributed by atoms with Gasteiger partial charge in [0.05, 0.1) is 11.8 Å². The molecule has 0 bridgehead atoms. The Morgan fingerprint density at radius 2 is 1.48 bits per heavy atom. The highest BCUT2D eigenvalue weighted by Gasteiger charge is 2.52. The molecule has 0 spiro atoms. The van der Waals surface area contributed by atoms with Gasteiger partial charge in [0.1, 0.15) is 0 Å². The fourth-order valence-electron chi connectivity index (χ4n) is 3.09. The highest BCUT2D eigenvalue weighted by molar-refractivity contribution is 5.15. The van der Waals surface area contributed by atoms with Crippen LogP contribution in [-0.2, 0) is 6.42 Å². The lowest BCUT2D eigenvalue weighted by Crippen LogP contribution is -2.40. The molecule has 3 atom stereocenters. The molecule has 1 aromatic rings. The smallest absolute Gasteiger partial charge is 0.171 e. The molecule has 1 fully saturated rings. The Morgan fingerprint density at radius 1 is 0.857 bits per heavy atom. The number of hydrogen-bond acceptors (Lipinski definition) is 0. The Bertz CT molecular complexity index is 447. The van der Waals surface area contributed by atoms with Gasteiger partial charge in [0.2, 0.25) is 0 Å². The molecular weight excluding hydrogens is 294 g/mol. The van der Waals surface area contributed by atoms with Gasteiger partial charge in [-0.1, -0.05) is 30.3 Å². The average Bonchev–Trinajstić information content (AvgIpc) is 2.38. The predicted molar refractivity (Wildman–Crippen MR) is 66.6 cm³/mol. The summed E-state index contributed by atoms with van der Waals surface area (Å²) in [5.74, 6) is -4.49. The van der Waals surface area contributed by atoms with Crippen molar-refractivity contribution in [2.24, 2.45) is 17.8 Å². The SMILES string of the molecule is FC(F)(F)C1CCC(Cc2ccccc2)C(C(F)(F)F)C1. The van der Waals surface area contributed by atoms with Crippen molar-refractivity contribution in [3.63, 3.8) is 0 Å². The molecule has 1 aliphatic carbocycles. The van der Waals surface area contributed by atoms with Crippen LogP contribution in [0.15, 0.2) is 30.3 Å². The van der Waals surface area contributed by atoms with E-state index in [1.165, 1.54) is 0 Å². The van der Waals surface area contributed by atoms with Crippen molar-refractivity contribution in [3.05, 3.63) is 35.9 Å². The summed E-state index contributed by atoms with van der Waals surface area (Å²) < 4.78 is 77.3. The van der Waals surface area contributed by atoms with Gasteiger partial charge in [-0.25, -0.2) is 0 Å². The van der Waals surface area contributed by atoms with Gasteiger partial charge >= 0.3 is 12.4 Å². The van der Waals surface area contributed by atoms with E-state index in [0.29, 0.717) is 0 Å². The fourth-order valence-corrected chi connectivity index (χ4v) is 3.09.